The number of allylic oxidation sites excluding steroid dienone is 1. The Morgan fingerprint density at radius 3 is 2.63 bits per heavy atom. The number of aliphatic hydroxyl groups is 1. The highest BCUT2D eigenvalue weighted by molar-refractivity contribution is 7.90. The lowest BCUT2D eigenvalue weighted by atomic mass is 10.2. The molecular weight excluding hydrogens is 428 g/mol. The second-order valence-electron chi connectivity index (χ2n) is 6.21. The molecule has 8 nitrogen and oxygen atoms in total. The molecule has 0 radical (unpaired) electrons. The molecular formula is C20H17ClN4O4S. The van der Waals surface area contributed by atoms with Crippen molar-refractivity contribution in [3.8, 4) is 11.5 Å². The molecule has 0 atom stereocenters. The van der Waals surface area contributed by atoms with Crippen molar-refractivity contribution in [2.75, 3.05) is 6.26 Å². The maximum absolute atomic E-state index is 11.8. The quantitative estimate of drug-likeness (QED) is 0.335. The second-order valence-corrected chi connectivity index (χ2v) is 8.63. The summed E-state index contributed by atoms with van der Waals surface area (Å²) in [6.45, 7) is 3.37. The second kappa shape index (κ2) is 8.52. The van der Waals surface area contributed by atoms with Gasteiger partial charge in [-0.2, -0.15) is 0 Å². The lowest BCUT2D eigenvalue weighted by Gasteiger charge is -2.02. The van der Waals surface area contributed by atoms with Crippen LogP contribution in [0.5, 0.6) is 0 Å². The number of para-hydroxylation sites is 1. The van der Waals surface area contributed by atoms with E-state index in [4.69, 9.17) is 21.8 Å². The van der Waals surface area contributed by atoms with Crippen LogP contribution in [0, 0.1) is 0 Å². The average Bonchev–Trinajstić information content (AvgIpc) is 3.18. The highest BCUT2D eigenvalue weighted by Gasteiger charge is 2.16. The van der Waals surface area contributed by atoms with Crippen molar-refractivity contribution in [3.63, 3.8) is 0 Å². The normalized spacial score (nSPS) is 12.7. The van der Waals surface area contributed by atoms with Crippen LogP contribution in [0.15, 0.2) is 86.9 Å². The molecule has 0 bridgehead atoms. The molecule has 0 saturated heterocycles. The molecule has 0 aliphatic heterocycles. The van der Waals surface area contributed by atoms with Crippen LogP contribution in [0.4, 0.5) is 5.69 Å². The molecule has 0 unspecified atom stereocenters. The Morgan fingerprint density at radius 1 is 1.23 bits per heavy atom. The first-order chi connectivity index (χ1) is 14.1. The fraction of sp³-hybridized carbons (Fsp3) is 0.0500. The van der Waals surface area contributed by atoms with Crippen LogP contribution in [0.1, 0.15) is 5.89 Å². The summed E-state index contributed by atoms with van der Waals surface area (Å²) in [7, 11) is -3.41. The molecule has 3 rings (SSSR count). The molecule has 0 amide bonds. The Hall–Kier alpha value is -3.43. The highest BCUT2D eigenvalue weighted by atomic mass is 35.5. The van der Waals surface area contributed by atoms with Gasteiger partial charge in [0.05, 0.1) is 21.3 Å². The number of aromatic nitrogens is 2. The predicted octanol–water partition coefficient (Wildman–Crippen LogP) is 3.83. The number of aliphatic imine (C=N–C) groups is 1. The van der Waals surface area contributed by atoms with Crippen LogP contribution >= 0.6 is 11.6 Å². The number of halogens is 1. The summed E-state index contributed by atoms with van der Waals surface area (Å²) in [6, 6.07) is 12.9. The van der Waals surface area contributed by atoms with Crippen molar-refractivity contribution in [1.29, 1.82) is 0 Å². The molecule has 0 aliphatic carbocycles. The van der Waals surface area contributed by atoms with E-state index in [2.05, 4.69) is 21.8 Å². The molecule has 0 fully saturated rings. The van der Waals surface area contributed by atoms with Crippen LogP contribution in [-0.2, 0) is 9.84 Å². The van der Waals surface area contributed by atoms with E-state index >= 15 is 0 Å². The maximum Gasteiger partial charge on any atom is 0.266 e. The zero-order chi connectivity index (χ0) is 21.9. The summed E-state index contributed by atoms with van der Waals surface area (Å²) in [4.78, 5) is 4.51. The Labute approximate surface area is 178 Å². The van der Waals surface area contributed by atoms with Crippen LogP contribution in [0.25, 0.3) is 11.5 Å². The van der Waals surface area contributed by atoms with Crippen LogP contribution < -0.4 is 5.73 Å². The van der Waals surface area contributed by atoms with E-state index in [-0.39, 0.29) is 33.8 Å². The smallest absolute Gasteiger partial charge is 0.266 e. The third kappa shape index (κ3) is 4.94. The number of aliphatic hydroxyl groups excluding tert-OH is 1. The molecule has 0 aliphatic rings. The Balaban J connectivity index is 2.09. The molecule has 0 spiro atoms. The first-order valence-corrected chi connectivity index (χ1v) is 10.7. The topological polar surface area (TPSA) is 132 Å². The van der Waals surface area contributed by atoms with Gasteiger partial charge >= 0.3 is 0 Å². The van der Waals surface area contributed by atoms with E-state index in [0.717, 1.165) is 6.26 Å². The SMILES string of the molecule is C=C(O)C(N)=CC(=Nc1ccccc1Cl)c1nnc(-c2cccc(S(C)(=O)=O)c2)o1. The van der Waals surface area contributed by atoms with E-state index in [1.54, 1.807) is 36.4 Å². The minimum Gasteiger partial charge on any atom is -0.506 e. The molecule has 2 aromatic carbocycles. The van der Waals surface area contributed by atoms with Gasteiger partial charge in [-0.1, -0.05) is 36.4 Å². The van der Waals surface area contributed by atoms with Crippen LogP contribution in [-0.4, -0.2) is 35.7 Å². The summed E-state index contributed by atoms with van der Waals surface area (Å²) < 4.78 is 29.3. The number of nitrogens with two attached hydrogens (primary N) is 1. The molecule has 3 N–H and O–H groups in total. The van der Waals surface area contributed by atoms with Gasteiger partial charge in [-0.25, -0.2) is 13.4 Å². The third-order valence-corrected chi connectivity index (χ3v) is 5.30. The van der Waals surface area contributed by atoms with Gasteiger partial charge in [-0.15, -0.1) is 10.2 Å². The minimum atomic E-state index is -3.41. The number of benzene rings is 2. The van der Waals surface area contributed by atoms with E-state index in [1.165, 1.54) is 18.2 Å². The fourth-order valence-corrected chi connectivity index (χ4v) is 3.19. The van der Waals surface area contributed by atoms with Crippen molar-refractivity contribution < 1.29 is 17.9 Å². The minimum absolute atomic E-state index is 0.0149. The van der Waals surface area contributed by atoms with Gasteiger partial charge in [-0.3, -0.25) is 0 Å². The van der Waals surface area contributed by atoms with Gasteiger partial charge in [0, 0.05) is 11.8 Å². The largest absolute Gasteiger partial charge is 0.506 e. The van der Waals surface area contributed by atoms with E-state index < -0.39 is 9.84 Å². The predicted molar refractivity (Wildman–Crippen MR) is 115 cm³/mol. The van der Waals surface area contributed by atoms with Gasteiger partial charge in [-0.05, 0) is 36.4 Å². The summed E-state index contributed by atoms with van der Waals surface area (Å²) in [5, 5.41) is 17.9. The number of hydrogen-bond donors (Lipinski definition) is 2. The summed E-state index contributed by atoms with van der Waals surface area (Å²) >= 11 is 6.17. The maximum atomic E-state index is 11.8. The van der Waals surface area contributed by atoms with Crippen molar-refractivity contribution >= 4 is 32.8 Å². The van der Waals surface area contributed by atoms with E-state index in [1.807, 2.05) is 0 Å². The zero-order valence-corrected chi connectivity index (χ0v) is 17.4. The van der Waals surface area contributed by atoms with Gasteiger partial charge in [0.1, 0.15) is 11.5 Å². The van der Waals surface area contributed by atoms with Gasteiger partial charge in [0.2, 0.25) is 5.89 Å². The molecule has 3 aromatic rings. The zero-order valence-electron chi connectivity index (χ0n) is 15.8. The number of rotatable bonds is 6. The van der Waals surface area contributed by atoms with Crippen LogP contribution in [0.2, 0.25) is 5.02 Å². The first kappa shape index (κ1) is 21.3. The lowest BCUT2D eigenvalue weighted by Crippen LogP contribution is -2.06. The lowest BCUT2D eigenvalue weighted by molar-refractivity contribution is 0.425. The standard InChI is InChI=1S/C20H17ClN4O4S/c1-12(26)16(22)11-18(23-17-9-4-3-8-15(17)21)20-25-24-19(29-20)13-6-5-7-14(10-13)30(2,27)28/h3-11,26H,1,22H2,2H3. The van der Waals surface area contributed by atoms with E-state index in [0.29, 0.717) is 16.3 Å². The average molecular weight is 445 g/mol. The Bertz CT molecular complexity index is 1280. The number of sulfone groups is 1. The van der Waals surface area contributed by atoms with Gasteiger partial charge in [0.15, 0.2) is 9.84 Å². The summed E-state index contributed by atoms with van der Waals surface area (Å²) in [6.07, 6.45) is 2.42. The van der Waals surface area contributed by atoms with Gasteiger partial charge in [0.25, 0.3) is 5.89 Å². The molecule has 0 saturated carbocycles. The molecule has 1 aromatic heterocycles. The molecule has 30 heavy (non-hydrogen) atoms. The molecule has 1 heterocycles. The highest BCUT2D eigenvalue weighted by Crippen LogP contribution is 2.26. The monoisotopic (exact) mass is 444 g/mol. The molecule has 10 heteroatoms. The van der Waals surface area contributed by atoms with Crippen molar-refractivity contribution in [2.24, 2.45) is 10.7 Å². The summed E-state index contributed by atoms with van der Waals surface area (Å²) in [5.74, 6) is -0.293. The van der Waals surface area contributed by atoms with Crippen molar-refractivity contribution in [3.05, 3.63) is 83.6 Å². The third-order valence-electron chi connectivity index (χ3n) is 3.87. The fourth-order valence-electron chi connectivity index (χ4n) is 2.35. The number of nitrogens with zero attached hydrogens (tertiary/aromatic N) is 3. The summed E-state index contributed by atoms with van der Waals surface area (Å²) in [5.41, 5.74) is 6.68. The van der Waals surface area contributed by atoms with Crippen LogP contribution in [0.3, 0.4) is 0 Å². The van der Waals surface area contributed by atoms with Gasteiger partial charge < -0.3 is 15.3 Å². The van der Waals surface area contributed by atoms with Crippen molar-refractivity contribution in [2.45, 2.75) is 4.90 Å². The Kier molecular flexibility index (Phi) is 6.04. The number of hydrogen-bond acceptors (Lipinski definition) is 8. The molecule has 154 valence electrons. The first-order valence-electron chi connectivity index (χ1n) is 8.48. The van der Waals surface area contributed by atoms with E-state index in [9.17, 15) is 13.5 Å². The Morgan fingerprint density at radius 2 is 1.97 bits per heavy atom. The van der Waals surface area contributed by atoms with Crippen molar-refractivity contribution in [1.82, 2.24) is 10.2 Å².